The van der Waals surface area contributed by atoms with Gasteiger partial charge in [0.25, 0.3) is 0 Å². The highest BCUT2D eigenvalue weighted by atomic mass is 31.2. The first-order chi connectivity index (χ1) is 27.5. The number of phosphoric ester groups is 1. The highest BCUT2D eigenvalue weighted by Crippen LogP contribution is 2.47. The Bertz CT molecular complexity index is 1000. The summed E-state index contributed by atoms with van der Waals surface area (Å²) in [5.41, 5.74) is 0. The zero-order valence-corrected chi connectivity index (χ0v) is 36.8. The van der Waals surface area contributed by atoms with Crippen LogP contribution in [-0.2, 0) is 27.9 Å². The number of ether oxygens (including phenoxy) is 2. The van der Waals surface area contributed by atoms with Crippen molar-refractivity contribution in [2.45, 2.75) is 243 Å². The summed E-state index contributed by atoms with van der Waals surface area (Å²) < 4.78 is 34.2. The number of carbonyl (C=O) groups excluding carboxylic acids is 1. The molecule has 0 saturated heterocycles. The SMILES string of the molecule is CCCCCCCC/C=C\CCCCCCCCCC(=O)OC(COCCCCCCCCCCCCCCC)COP(=O)(O)OC1C(O)C(O)C(O)C(O)C1O. The van der Waals surface area contributed by atoms with Crippen LogP contribution < -0.4 is 0 Å². The molecule has 338 valence electrons. The molecule has 57 heavy (non-hydrogen) atoms. The second kappa shape index (κ2) is 35.8. The summed E-state index contributed by atoms with van der Waals surface area (Å²) >= 11 is 0. The first-order valence-electron chi connectivity index (χ1n) is 23.0. The molecule has 0 aromatic heterocycles. The van der Waals surface area contributed by atoms with Crippen LogP contribution in [0.2, 0.25) is 0 Å². The van der Waals surface area contributed by atoms with E-state index in [-0.39, 0.29) is 13.0 Å². The predicted octanol–water partition coefficient (Wildman–Crippen LogP) is 9.14. The highest BCUT2D eigenvalue weighted by Gasteiger charge is 2.51. The molecule has 1 aliphatic carbocycles. The van der Waals surface area contributed by atoms with Gasteiger partial charge in [0, 0.05) is 13.0 Å². The number of unbranched alkanes of at least 4 members (excludes halogenated alkanes) is 25. The fraction of sp³-hybridized carbons (Fsp3) is 0.932. The molecule has 0 bridgehead atoms. The third-order valence-electron chi connectivity index (χ3n) is 10.9. The van der Waals surface area contributed by atoms with Crippen LogP contribution in [0.5, 0.6) is 0 Å². The van der Waals surface area contributed by atoms with Gasteiger partial charge in [0.2, 0.25) is 0 Å². The normalized spacial score (nSPS) is 22.9. The second-order valence-corrected chi connectivity index (χ2v) is 17.7. The molecule has 0 heterocycles. The summed E-state index contributed by atoms with van der Waals surface area (Å²) in [5, 5.41) is 50.1. The molecule has 0 aliphatic heterocycles. The molecule has 0 aromatic carbocycles. The molecule has 13 heteroatoms. The number of hydrogen-bond acceptors (Lipinski definition) is 11. The quantitative estimate of drug-likeness (QED) is 0.0149. The molecule has 1 rings (SSSR count). The molecular weight excluding hydrogens is 751 g/mol. The number of allylic oxidation sites excluding steroid dienone is 2. The molecule has 1 saturated carbocycles. The molecule has 12 nitrogen and oxygen atoms in total. The number of rotatable bonds is 39. The van der Waals surface area contributed by atoms with Gasteiger partial charge in [-0.25, -0.2) is 4.57 Å². The van der Waals surface area contributed by atoms with Crippen molar-refractivity contribution in [2.24, 2.45) is 0 Å². The van der Waals surface area contributed by atoms with Gasteiger partial charge in [-0.1, -0.05) is 167 Å². The number of aliphatic hydroxyl groups is 5. The average Bonchev–Trinajstić information content (AvgIpc) is 3.19. The minimum absolute atomic E-state index is 0.0729. The summed E-state index contributed by atoms with van der Waals surface area (Å²) in [5.74, 6) is -0.479. The van der Waals surface area contributed by atoms with Crippen molar-refractivity contribution in [3.05, 3.63) is 12.2 Å². The molecule has 0 amide bonds. The topological polar surface area (TPSA) is 192 Å². The molecule has 1 fully saturated rings. The van der Waals surface area contributed by atoms with Crippen LogP contribution in [-0.4, -0.2) is 98.9 Å². The summed E-state index contributed by atoms with van der Waals surface area (Å²) in [6.07, 6.45) is 25.6. The van der Waals surface area contributed by atoms with Crippen molar-refractivity contribution in [1.82, 2.24) is 0 Å². The smallest absolute Gasteiger partial charge is 0.457 e. The molecule has 6 unspecified atom stereocenters. The Morgan fingerprint density at radius 1 is 0.544 bits per heavy atom. The zero-order chi connectivity index (χ0) is 42.0. The van der Waals surface area contributed by atoms with Crippen LogP contribution in [0.15, 0.2) is 12.2 Å². The number of esters is 1. The number of phosphoric acid groups is 1. The lowest BCUT2D eigenvalue weighted by Crippen LogP contribution is -2.64. The van der Waals surface area contributed by atoms with Crippen molar-refractivity contribution in [3.63, 3.8) is 0 Å². The third kappa shape index (κ3) is 28.3. The zero-order valence-electron chi connectivity index (χ0n) is 35.9. The average molecular weight is 837 g/mol. The maximum Gasteiger partial charge on any atom is 0.472 e. The summed E-state index contributed by atoms with van der Waals surface area (Å²) in [7, 11) is -5.01. The van der Waals surface area contributed by atoms with Gasteiger partial charge in [-0.05, 0) is 38.5 Å². The third-order valence-corrected chi connectivity index (χ3v) is 11.9. The number of carbonyl (C=O) groups is 1. The Labute approximate surface area is 346 Å². The van der Waals surface area contributed by atoms with E-state index in [9.17, 15) is 39.8 Å². The molecule has 6 atom stereocenters. The maximum absolute atomic E-state index is 12.8. The Morgan fingerprint density at radius 3 is 1.39 bits per heavy atom. The number of aliphatic hydroxyl groups excluding tert-OH is 5. The van der Waals surface area contributed by atoms with E-state index >= 15 is 0 Å². The van der Waals surface area contributed by atoms with Gasteiger partial charge in [0.05, 0.1) is 13.2 Å². The Kier molecular flexibility index (Phi) is 34.0. The van der Waals surface area contributed by atoms with Crippen molar-refractivity contribution < 1.29 is 58.3 Å². The second-order valence-electron chi connectivity index (χ2n) is 16.3. The van der Waals surface area contributed by atoms with E-state index in [1.54, 1.807) is 0 Å². The lowest BCUT2D eigenvalue weighted by molar-refractivity contribution is -0.220. The number of hydrogen-bond donors (Lipinski definition) is 6. The molecule has 6 N–H and O–H groups in total. The van der Waals surface area contributed by atoms with Gasteiger partial charge in [0.1, 0.15) is 42.7 Å². The molecule has 0 aromatic rings. The first-order valence-corrected chi connectivity index (χ1v) is 24.5. The van der Waals surface area contributed by atoms with E-state index in [0.29, 0.717) is 13.0 Å². The van der Waals surface area contributed by atoms with Crippen molar-refractivity contribution in [1.29, 1.82) is 0 Å². The molecule has 0 radical (unpaired) electrons. The fourth-order valence-electron chi connectivity index (χ4n) is 7.17. The van der Waals surface area contributed by atoms with E-state index in [0.717, 1.165) is 44.9 Å². The van der Waals surface area contributed by atoms with Gasteiger partial charge >= 0.3 is 13.8 Å². The van der Waals surface area contributed by atoms with E-state index in [1.165, 1.54) is 128 Å². The van der Waals surface area contributed by atoms with Gasteiger partial charge in [-0.15, -0.1) is 0 Å². The van der Waals surface area contributed by atoms with E-state index < -0.39 is 63.1 Å². The van der Waals surface area contributed by atoms with Gasteiger partial charge in [0.15, 0.2) is 0 Å². The first kappa shape index (κ1) is 54.1. The van der Waals surface area contributed by atoms with Crippen LogP contribution in [0.1, 0.15) is 200 Å². The Balaban J connectivity index is 2.39. The lowest BCUT2D eigenvalue weighted by Gasteiger charge is -2.41. The largest absolute Gasteiger partial charge is 0.472 e. The fourth-order valence-corrected chi connectivity index (χ4v) is 8.15. The van der Waals surface area contributed by atoms with Crippen LogP contribution >= 0.6 is 7.82 Å². The summed E-state index contributed by atoms with van der Waals surface area (Å²) in [6.45, 7) is 4.27. The summed E-state index contributed by atoms with van der Waals surface area (Å²) in [6, 6.07) is 0. The Morgan fingerprint density at radius 2 is 0.930 bits per heavy atom. The van der Waals surface area contributed by atoms with E-state index in [2.05, 4.69) is 26.0 Å². The monoisotopic (exact) mass is 837 g/mol. The van der Waals surface area contributed by atoms with Crippen LogP contribution in [0.25, 0.3) is 0 Å². The van der Waals surface area contributed by atoms with Gasteiger partial charge in [-0.2, -0.15) is 0 Å². The van der Waals surface area contributed by atoms with Gasteiger partial charge < -0.3 is 39.9 Å². The maximum atomic E-state index is 12.8. The standard InChI is InChI=1S/C44H85O12P/c1-3-5-7-9-11-13-15-17-18-19-20-21-23-25-27-29-31-33-38(45)55-37(35-53-34-32-30-28-26-24-22-16-14-12-10-8-6-4-2)36-54-57(51,52)56-44-42(49)40(47)39(46)41(48)43(44)50/h17-18,37,39-44,46-50H,3-16,19-36H2,1-2H3,(H,51,52)/b18-17-. The van der Waals surface area contributed by atoms with Crippen LogP contribution in [0.4, 0.5) is 0 Å². The molecular formula is C44H85O12P. The van der Waals surface area contributed by atoms with Gasteiger partial charge in [-0.3, -0.25) is 13.8 Å². The van der Waals surface area contributed by atoms with Crippen molar-refractivity contribution in [2.75, 3.05) is 19.8 Å². The molecule has 0 spiro atoms. The molecule has 1 aliphatic rings. The minimum Gasteiger partial charge on any atom is -0.457 e. The van der Waals surface area contributed by atoms with Crippen LogP contribution in [0.3, 0.4) is 0 Å². The van der Waals surface area contributed by atoms with Crippen molar-refractivity contribution in [3.8, 4) is 0 Å². The minimum atomic E-state index is -5.01. The van der Waals surface area contributed by atoms with Crippen LogP contribution in [0, 0.1) is 0 Å². The van der Waals surface area contributed by atoms with E-state index in [1.807, 2.05) is 0 Å². The lowest BCUT2D eigenvalue weighted by atomic mass is 9.85. The predicted molar refractivity (Wildman–Crippen MR) is 226 cm³/mol. The van der Waals surface area contributed by atoms with Crippen molar-refractivity contribution >= 4 is 13.8 Å². The Hall–Kier alpha value is -0.920. The highest BCUT2D eigenvalue weighted by molar-refractivity contribution is 7.47. The summed E-state index contributed by atoms with van der Waals surface area (Å²) in [4.78, 5) is 23.1. The van der Waals surface area contributed by atoms with E-state index in [4.69, 9.17) is 18.5 Å².